The summed E-state index contributed by atoms with van der Waals surface area (Å²) >= 11 is 0. The Balaban J connectivity index is -0.0000000978. The quantitative estimate of drug-likeness (QED) is 0.0486. The van der Waals surface area contributed by atoms with Gasteiger partial charge in [-0.25, -0.2) is 0 Å². The van der Waals surface area contributed by atoms with Crippen LogP contribution >= 0.6 is 96.6 Å². The van der Waals surface area contributed by atoms with Gasteiger partial charge in [0.15, 0.2) is 11.6 Å². The number of Topliss-reactive ketones (excluding diaryl/α,β-unsaturated/α-hetero) is 2. The molecule has 4 aliphatic heterocycles. The maximum absolute atomic E-state index is 11.0. The summed E-state index contributed by atoms with van der Waals surface area (Å²) in [5.41, 5.74) is 4.33. The van der Waals surface area contributed by atoms with Gasteiger partial charge in [-0.2, -0.15) is 22.7 Å². The number of nitrogens with one attached hydrogen (secondary N) is 1. The maximum Gasteiger partial charge on any atom is 0.300 e. The Kier molecular flexibility index (Phi) is 158. The molecule has 692 valence electrons. The number of carbonyl (C=O) groups excluding carboxylic acids is 5. The van der Waals surface area contributed by atoms with E-state index in [2.05, 4.69) is 229 Å². The van der Waals surface area contributed by atoms with Crippen molar-refractivity contribution in [2.24, 2.45) is 0 Å². The Morgan fingerprint density at radius 1 is 0.432 bits per heavy atom. The molecule has 4 N–H and O–H groups in total. The molecule has 12 rings (SSSR count). The van der Waals surface area contributed by atoms with Crippen LogP contribution < -0.4 is 5.32 Å². The van der Waals surface area contributed by atoms with Crippen molar-refractivity contribution in [3.8, 4) is 0 Å². The predicted octanol–water partition coefficient (Wildman–Crippen LogP) is 20.4. The number of likely N-dealkylation sites (tertiary alicyclic amines) is 1. The molecule has 0 bridgehead atoms. The summed E-state index contributed by atoms with van der Waals surface area (Å²) in [6.07, 6.45) is 13.1. The molecule has 0 spiro atoms. The van der Waals surface area contributed by atoms with Gasteiger partial charge in [-0.15, -0.1) is 71.7 Å². The molecule has 4 fully saturated rings. The first kappa shape index (κ1) is 151. The smallest absolute Gasteiger partial charge is 0.300 e. The first-order valence-corrected chi connectivity index (χ1v) is 55.5. The van der Waals surface area contributed by atoms with Gasteiger partial charge in [0, 0.05) is 199 Å². The number of aryl methyl sites for hydroxylation is 3. The number of carboxylic acids is 1. The number of amides is 3. The van der Waals surface area contributed by atoms with E-state index in [0.29, 0.717) is 6.04 Å². The number of carboxylic acid groups (broad SMARTS) is 1. The SMILES string of the molecule is C.CC.CC.CC.CC(=O)CO.CC(=O)CO.CC(=O)N1CC(N2CCN([C-]=O)CC2)C1.CC(=O)O.CCCP.CCCc1ccccc1.CCCc1ccccc1.CCCc1ccccc1.O=[C-]N1CCN(C2CNC2)CC1.P.PP.PP(P)P.PPP.[B]B([B])[B].[Y].[Y].c1ccccc1.c1ccccc1.c1ccccc1.c1ccccc1.c1ccccc1. The zero-order valence-electron chi connectivity index (χ0n) is 77.5. The van der Waals surface area contributed by atoms with Crippen LogP contribution in [0.2, 0.25) is 0 Å². The van der Waals surface area contributed by atoms with E-state index >= 15 is 0 Å². The Bertz CT molecular complexity index is 2810. The van der Waals surface area contributed by atoms with Crippen molar-refractivity contribution in [1.29, 1.82) is 0 Å². The van der Waals surface area contributed by atoms with Gasteiger partial charge in [-0.3, -0.25) is 29.0 Å². The minimum atomic E-state index is -0.833. The molecule has 0 aromatic heterocycles. The summed E-state index contributed by atoms with van der Waals surface area (Å²) in [6, 6.07) is 92.9. The Morgan fingerprint density at radius 2 is 0.592 bits per heavy atom. The number of aliphatic carboxylic acids is 1. The number of hydrogen-bond acceptors (Lipinski definition) is 11. The first-order valence-electron chi connectivity index (χ1n) is 41.2. The molecule has 4 saturated heterocycles. The van der Waals surface area contributed by atoms with E-state index in [1.54, 1.807) is 16.7 Å². The van der Waals surface area contributed by atoms with E-state index in [1.165, 1.54) is 81.6 Å². The second-order valence-electron chi connectivity index (χ2n) is 24.3. The van der Waals surface area contributed by atoms with Crippen LogP contribution in [-0.4, -0.2) is 216 Å². The number of hydrogen-bond donors (Lipinski definition) is 4. The molecule has 125 heavy (non-hydrogen) atoms. The second kappa shape index (κ2) is 130. The van der Waals surface area contributed by atoms with Crippen molar-refractivity contribution >= 4 is 162 Å². The zero-order chi connectivity index (χ0) is 93.4. The van der Waals surface area contributed by atoms with E-state index in [0.717, 1.165) is 99.5 Å². The zero-order valence-corrected chi connectivity index (χ0v) is 95.7. The molecule has 4 heterocycles. The van der Waals surface area contributed by atoms with Gasteiger partial charge in [0.25, 0.3) is 5.97 Å². The largest absolute Gasteiger partial charge is 0.520 e. The number of ketones is 2. The standard InChI is InChI=1S/C10H16N3O2.3C9H12.C8H14N3O.5C6H6.2C3H6O2.C3H9P.C2H4O2.3C2H6.CH4.B4.H6P4.H5P3.H4P2.H3P.2Y/c1-9(15)13-6-10(7-13)12-4-2-11(8-14)3-5-12;3*1-2-6-9-7-4-3-5-8-9;12-7-10-1-3-11(4-2-10)8-5-9-6-8;5*1-2-4-6-5-3-1;2*1-3(5)2-4;1-2-3-4;1-2(3)4;3*1-2;;2*1-4(2)3;1-3-2;1-2;;;/h10H,2-7H2,1H3;3*3-5,7-8H,2,6H2,1H3;8-9H,1-6H2;5*1-6H;2*4H,2H2,1H3;2-4H2,1H3;1H3,(H,3,4);3*1-2H3;1H4;;1-3H2;3H,1-2H2;1-2H2;1H3;;/q-1;;;;-1;;;;;;;;;;;;;;;;;;;;. The molecular weight excluding hydrogens is 1910 g/mol. The van der Waals surface area contributed by atoms with E-state index in [1.807, 2.05) is 241 Å². The molecule has 32 heteroatoms. The maximum atomic E-state index is 11.0. The minimum Gasteiger partial charge on any atom is -0.520 e. The van der Waals surface area contributed by atoms with Gasteiger partial charge in [0.1, 0.15) is 13.2 Å². The summed E-state index contributed by atoms with van der Waals surface area (Å²) < 4.78 is 0. The fourth-order valence-corrected chi connectivity index (χ4v) is 8.56. The summed E-state index contributed by atoms with van der Waals surface area (Å²) in [5, 5.41) is 26.3. The Labute approximate surface area is 842 Å². The van der Waals surface area contributed by atoms with Gasteiger partial charge in [0.2, 0.25) is 5.91 Å². The first-order chi connectivity index (χ1) is 58.5. The van der Waals surface area contributed by atoms with Gasteiger partial charge >= 0.3 is 0 Å². The topological polar surface area (TPSA) is 191 Å². The van der Waals surface area contributed by atoms with Gasteiger partial charge in [-0.1, -0.05) is 383 Å². The third-order valence-corrected chi connectivity index (χ3v) is 14.8. The third kappa shape index (κ3) is 131. The molecule has 8 aromatic rings. The van der Waals surface area contributed by atoms with Crippen molar-refractivity contribution in [2.75, 3.05) is 97.9 Å². The molecule has 8 aromatic carbocycles. The van der Waals surface area contributed by atoms with Crippen LogP contribution in [0.1, 0.15) is 147 Å². The molecule has 9 atom stereocenters. The summed E-state index contributed by atoms with van der Waals surface area (Å²) in [4.78, 5) is 69.9. The molecule has 0 saturated carbocycles. The van der Waals surface area contributed by atoms with Gasteiger partial charge < -0.3 is 44.9 Å². The summed E-state index contributed by atoms with van der Waals surface area (Å²) in [7, 11) is 35.3. The van der Waals surface area contributed by atoms with Crippen LogP contribution in [0.3, 0.4) is 0 Å². The molecule has 4 aliphatic rings. The second-order valence-corrected chi connectivity index (χ2v) is 40.9. The van der Waals surface area contributed by atoms with Crippen LogP contribution in [0.5, 0.6) is 0 Å². The van der Waals surface area contributed by atoms with Gasteiger partial charge in [-0.05, 0) is 62.9 Å². The van der Waals surface area contributed by atoms with Crippen LogP contribution in [0.4, 0.5) is 0 Å². The normalized spacial score (nSPS) is 11.3. The Hall–Kier alpha value is -2.02. The van der Waals surface area contributed by atoms with Gasteiger partial charge in [0.05, 0.1) is 0 Å². The number of aliphatic hydroxyl groups is 2. The van der Waals surface area contributed by atoms with E-state index in [-0.39, 0.29) is 120 Å². The molecule has 0 aliphatic carbocycles. The number of aliphatic hydroxyl groups excluding tert-OH is 2. The summed E-state index contributed by atoms with van der Waals surface area (Å²) in [5.74, 6) is -1.05. The van der Waals surface area contributed by atoms with Crippen molar-refractivity contribution in [3.05, 3.63) is 290 Å². The summed E-state index contributed by atoms with van der Waals surface area (Å²) in [6.45, 7) is 36.6. The number of nitrogens with zero attached hydrogens (tertiary/aromatic N) is 5. The number of carbonyl (C=O) groups is 4. The molecule has 15 nitrogen and oxygen atoms in total. The fourth-order valence-electron chi connectivity index (χ4n) is 8.56. The van der Waals surface area contributed by atoms with Crippen LogP contribution in [0.15, 0.2) is 273 Å². The van der Waals surface area contributed by atoms with Crippen molar-refractivity contribution in [1.82, 2.24) is 29.8 Å². The number of benzene rings is 8. The molecule has 9 unspecified atom stereocenters. The van der Waals surface area contributed by atoms with Crippen molar-refractivity contribution in [2.45, 2.75) is 161 Å². The van der Waals surface area contributed by atoms with Crippen molar-refractivity contribution < 1.29 is 110 Å². The Morgan fingerprint density at radius 3 is 0.712 bits per heavy atom. The van der Waals surface area contributed by atoms with E-state index < -0.39 is 12.4 Å². The average Bonchev–Trinajstić information content (AvgIpc) is 0.827. The minimum absolute atomic E-state index is 0. The molecule has 3 amide bonds. The predicted molar refractivity (Wildman–Crippen MR) is 586 cm³/mol. The van der Waals surface area contributed by atoms with Crippen LogP contribution in [0.25, 0.3) is 0 Å². The van der Waals surface area contributed by atoms with E-state index in [9.17, 15) is 24.0 Å². The van der Waals surface area contributed by atoms with Crippen LogP contribution in [-0.2, 0) is 113 Å². The van der Waals surface area contributed by atoms with Crippen molar-refractivity contribution in [3.63, 3.8) is 0 Å². The van der Waals surface area contributed by atoms with Crippen LogP contribution in [0, 0.1) is 0 Å². The number of rotatable bonds is 13. The number of piperazine rings is 2. The van der Waals surface area contributed by atoms with E-state index in [4.69, 9.17) is 20.1 Å². The monoisotopic (exact) mass is 2070 g/mol. The average molecular weight is 2070 g/mol. The fraction of sp³-hybridized carbons (Fsp3) is 0.419. The molecular formula is C93H161B4N6O9P11Y2-2. The molecule has 8 radical (unpaired) electrons. The third-order valence-electron chi connectivity index (χ3n) is 14.2.